The topological polar surface area (TPSA) is 68.4 Å². The fourth-order valence-electron chi connectivity index (χ4n) is 2.12. The number of carbonyl (C=O) groups is 1. The minimum atomic E-state index is -0.339. The molecule has 0 aliphatic rings. The van der Waals surface area contributed by atoms with Gasteiger partial charge >= 0.3 is 5.69 Å². The summed E-state index contributed by atoms with van der Waals surface area (Å²) in [6.45, 7) is 1.83. The molecule has 0 saturated heterocycles. The van der Waals surface area contributed by atoms with Crippen LogP contribution in [0.5, 0.6) is 0 Å². The van der Waals surface area contributed by atoms with Crippen molar-refractivity contribution in [2.45, 2.75) is 13.5 Å². The molecule has 1 amide bonds. The molecular weight excluding hydrogens is 348 g/mol. The van der Waals surface area contributed by atoms with Crippen LogP contribution in [0.4, 0.5) is 5.69 Å². The molecule has 0 atom stereocenters. The second-order valence-corrected chi connectivity index (χ2v) is 5.75. The fraction of sp³-hybridized carbons (Fsp3) is 0.133. The minimum Gasteiger partial charge on any atom is -0.323 e. The van der Waals surface area contributed by atoms with E-state index in [1.807, 2.05) is 25.1 Å². The van der Waals surface area contributed by atoms with Crippen molar-refractivity contribution in [1.82, 2.24) is 14.2 Å². The predicted molar refractivity (Wildman–Crippen MR) is 87.0 cm³/mol. The second kappa shape index (κ2) is 5.76. The number of rotatable bonds is 3. The molecule has 0 fully saturated rings. The van der Waals surface area contributed by atoms with Gasteiger partial charge in [0.05, 0.1) is 5.69 Å². The van der Waals surface area contributed by atoms with Gasteiger partial charge in [0.25, 0.3) is 0 Å². The maximum Gasteiger partial charge on any atom is 0.350 e. The van der Waals surface area contributed by atoms with Gasteiger partial charge in [0, 0.05) is 10.7 Å². The van der Waals surface area contributed by atoms with Crippen LogP contribution in [0.15, 0.2) is 51.9 Å². The summed E-state index contributed by atoms with van der Waals surface area (Å²) >= 11 is 3.40. The van der Waals surface area contributed by atoms with Crippen molar-refractivity contribution in [3.05, 3.63) is 63.1 Å². The summed E-state index contributed by atoms with van der Waals surface area (Å²) in [5.41, 5.74) is 1.92. The Morgan fingerprint density at radius 1 is 1.32 bits per heavy atom. The number of pyridine rings is 1. The Bertz CT molecular complexity index is 913. The predicted octanol–water partition coefficient (Wildman–Crippen LogP) is 2.21. The number of aromatic nitrogens is 3. The van der Waals surface area contributed by atoms with Gasteiger partial charge in [0.1, 0.15) is 6.54 Å². The first kappa shape index (κ1) is 14.5. The van der Waals surface area contributed by atoms with Crippen LogP contribution in [0.3, 0.4) is 0 Å². The number of amides is 1. The van der Waals surface area contributed by atoms with E-state index in [1.165, 1.54) is 4.40 Å². The summed E-state index contributed by atoms with van der Waals surface area (Å²) in [5.74, 6) is -0.310. The van der Waals surface area contributed by atoms with Gasteiger partial charge in [-0.15, -0.1) is 5.10 Å². The Morgan fingerprint density at radius 2 is 2.14 bits per heavy atom. The molecule has 0 radical (unpaired) electrons. The number of fused-ring (bicyclic) bond motifs is 1. The molecular formula is C15H13BrN4O2. The largest absolute Gasteiger partial charge is 0.350 e. The number of aryl methyl sites for hydroxylation is 1. The lowest BCUT2D eigenvalue weighted by Gasteiger charge is -2.07. The first-order valence-electron chi connectivity index (χ1n) is 6.65. The summed E-state index contributed by atoms with van der Waals surface area (Å²) in [4.78, 5) is 24.2. The van der Waals surface area contributed by atoms with Crippen molar-refractivity contribution in [1.29, 1.82) is 0 Å². The van der Waals surface area contributed by atoms with Crippen LogP contribution in [-0.4, -0.2) is 20.1 Å². The van der Waals surface area contributed by atoms with Crippen LogP contribution < -0.4 is 11.0 Å². The molecule has 2 aromatic heterocycles. The molecule has 1 aromatic carbocycles. The second-order valence-electron chi connectivity index (χ2n) is 4.90. The van der Waals surface area contributed by atoms with Gasteiger partial charge in [-0.25, -0.2) is 9.48 Å². The molecule has 0 bridgehead atoms. The first-order chi connectivity index (χ1) is 10.5. The molecule has 22 heavy (non-hydrogen) atoms. The lowest BCUT2D eigenvalue weighted by atomic mass is 10.2. The monoisotopic (exact) mass is 360 g/mol. The molecule has 3 rings (SSSR count). The van der Waals surface area contributed by atoms with Gasteiger partial charge in [-0.1, -0.05) is 12.1 Å². The number of carbonyl (C=O) groups excluding carboxylic acids is 1. The normalized spacial score (nSPS) is 10.8. The molecule has 1 N–H and O–H groups in total. The Hall–Kier alpha value is -2.41. The van der Waals surface area contributed by atoms with Crippen LogP contribution in [0.25, 0.3) is 5.65 Å². The molecule has 6 nitrogen and oxygen atoms in total. The van der Waals surface area contributed by atoms with Gasteiger partial charge in [0.15, 0.2) is 5.65 Å². The third-order valence-corrected chi connectivity index (χ3v) is 3.84. The maximum absolute atomic E-state index is 12.1. The lowest BCUT2D eigenvalue weighted by molar-refractivity contribution is -0.117. The lowest BCUT2D eigenvalue weighted by Crippen LogP contribution is -2.28. The minimum absolute atomic E-state index is 0.138. The number of nitrogens with one attached hydrogen (secondary N) is 1. The molecule has 0 aliphatic carbocycles. The number of hydrogen-bond acceptors (Lipinski definition) is 3. The maximum atomic E-state index is 12.1. The Kier molecular flexibility index (Phi) is 3.81. The van der Waals surface area contributed by atoms with Crippen molar-refractivity contribution in [3.8, 4) is 0 Å². The summed E-state index contributed by atoms with van der Waals surface area (Å²) in [7, 11) is 0. The highest BCUT2D eigenvalue weighted by molar-refractivity contribution is 9.10. The Morgan fingerprint density at radius 3 is 2.86 bits per heavy atom. The van der Waals surface area contributed by atoms with Gasteiger partial charge in [-0.2, -0.15) is 0 Å². The summed E-state index contributed by atoms with van der Waals surface area (Å²) in [6.07, 6.45) is 1.62. The number of nitrogens with zero attached hydrogens (tertiary/aromatic N) is 3. The van der Waals surface area contributed by atoms with Crippen molar-refractivity contribution in [2.75, 3.05) is 5.32 Å². The van der Waals surface area contributed by atoms with E-state index < -0.39 is 0 Å². The van der Waals surface area contributed by atoms with Crippen LogP contribution in [-0.2, 0) is 11.3 Å². The van der Waals surface area contributed by atoms with Crippen molar-refractivity contribution in [3.63, 3.8) is 0 Å². The average molecular weight is 361 g/mol. The standard InChI is InChI=1S/C15H13BrN4O2/c1-10-5-6-12(11(16)8-10)17-14(21)9-20-15(22)19-7-3-2-4-13(19)18-20/h2-8H,9H2,1H3,(H,17,21). The smallest absolute Gasteiger partial charge is 0.323 e. The van der Waals surface area contributed by atoms with Gasteiger partial charge in [-0.3, -0.25) is 9.20 Å². The number of hydrogen-bond donors (Lipinski definition) is 1. The number of benzene rings is 1. The summed E-state index contributed by atoms with van der Waals surface area (Å²) in [6, 6.07) is 10.9. The fourth-order valence-corrected chi connectivity index (χ4v) is 2.71. The molecule has 3 aromatic rings. The highest BCUT2D eigenvalue weighted by Crippen LogP contribution is 2.23. The summed E-state index contributed by atoms with van der Waals surface area (Å²) in [5, 5.41) is 6.89. The van der Waals surface area contributed by atoms with E-state index in [9.17, 15) is 9.59 Å². The van der Waals surface area contributed by atoms with Gasteiger partial charge in [0.2, 0.25) is 5.91 Å². The first-order valence-corrected chi connectivity index (χ1v) is 7.44. The third-order valence-electron chi connectivity index (χ3n) is 3.18. The van der Waals surface area contributed by atoms with Crippen LogP contribution in [0, 0.1) is 6.92 Å². The zero-order chi connectivity index (χ0) is 15.7. The van der Waals surface area contributed by atoms with Crippen molar-refractivity contribution >= 4 is 33.2 Å². The van der Waals surface area contributed by atoms with E-state index in [2.05, 4.69) is 26.3 Å². The van der Waals surface area contributed by atoms with Gasteiger partial charge in [-0.05, 0) is 52.7 Å². The van der Waals surface area contributed by atoms with E-state index >= 15 is 0 Å². The molecule has 0 saturated carbocycles. The van der Waals surface area contributed by atoms with E-state index in [-0.39, 0.29) is 18.1 Å². The Labute approximate surface area is 134 Å². The zero-order valence-corrected chi connectivity index (χ0v) is 13.4. The SMILES string of the molecule is Cc1ccc(NC(=O)Cn2nc3ccccn3c2=O)c(Br)c1. The highest BCUT2D eigenvalue weighted by Gasteiger charge is 2.11. The van der Waals surface area contributed by atoms with E-state index in [0.717, 1.165) is 14.7 Å². The van der Waals surface area contributed by atoms with Crippen molar-refractivity contribution < 1.29 is 4.79 Å². The van der Waals surface area contributed by atoms with E-state index in [0.29, 0.717) is 11.3 Å². The third kappa shape index (κ3) is 2.80. The van der Waals surface area contributed by atoms with Crippen LogP contribution in [0.2, 0.25) is 0 Å². The quantitative estimate of drug-likeness (QED) is 0.778. The molecule has 0 aliphatic heterocycles. The number of halogens is 1. The Balaban J connectivity index is 1.81. The van der Waals surface area contributed by atoms with E-state index in [1.54, 1.807) is 24.4 Å². The molecule has 7 heteroatoms. The van der Waals surface area contributed by atoms with Crippen molar-refractivity contribution in [2.24, 2.45) is 0 Å². The van der Waals surface area contributed by atoms with Crippen LogP contribution in [0.1, 0.15) is 5.56 Å². The molecule has 2 heterocycles. The van der Waals surface area contributed by atoms with Crippen LogP contribution >= 0.6 is 15.9 Å². The van der Waals surface area contributed by atoms with Gasteiger partial charge < -0.3 is 5.32 Å². The highest BCUT2D eigenvalue weighted by atomic mass is 79.9. The van der Waals surface area contributed by atoms with E-state index in [4.69, 9.17) is 0 Å². The summed E-state index contributed by atoms with van der Waals surface area (Å²) < 4.78 is 3.34. The number of anilines is 1. The average Bonchev–Trinajstić information content (AvgIpc) is 2.79. The molecule has 0 unspecified atom stereocenters. The molecule has 112 valence electrons. The molecule has 0 spiro atoms. The zero-order valence-electron chi connectivity index (χ0n) is 11.8.